The van der Waals surface area contributed by atoms with E-state index in [0.717, 1.165) is 16.8 Å². The van der Waals surface area contributed by atoms with Crippen LogP contribution in [0.4, 0.5) is 5.69 Å². The minimum atomic E-state index is -0.792. The molecule has 0 saturated carbocycles. The molecule has 4 rings (SSSR count). The maximum atomic E-state index is 12.3. The Morgan fingerprint density at radius 2 is 2.04 bits per heavy atom. The van der Waals surface area contributed by atoms with Gasteiger partial charge in [-0.05, 0) is 25.1 Å². The van der Waals surface area contributed by atoms with Gasteiger partial charge in [0.15, 0.2) is 5.72 Å². The van der Waals surface area contributed by atoms with Crippen LogP contribution in [0.25, 0.3) is 0 Å². The van der Waals surface area contributed by atoms with E-state index >= 15 is 0 Å². The Morgan fingerprint density at radius 3 is 2.83 bits per heavy atom. The zero-order chi connectivity index (χ0) is 16.0. The number of nitrogens with one attached hydrogen (secondary N) is 1. The lowest BCUT2D eigenvalue weighted by Gasteiger charge is -2.36. The number of carbonyl (C=O) groups is 1. The van der Waals surface area contributed by atoms with Crippen molar-refractivity contribution in [2.24, 2.45) is 0 Å². The number of amides is 1. The molecule has 2 aliphatic rings. The molecule has 0 unspecified atom stereocenters. The smallest absolute Gasteiger partial charge is 0.238 e. The van der Waals surface area contributed by atoms with Crippen molar-refractivity contribution in [3.63, 3.8) is 0 Å². The molecule has 1 amide bonds. The van der Waals surface area contributed by atoms with Gasteiger partial charge in [0.1, 0.15) is 0 Å². The van der Waals surface area contributed by atoms with Crippen LogP contribution in [0.1, 0.15) is 18.1 Å². The molecule has 5 heteroatoms. The minimum absolute atomic E-state index is 0.0212. The monoisotopic (exact) mass is 328 g/mol. The summed E-state index contributed by atoms with van der Waals surface area (Å²) in [5.74, 6) is -0.0379. The minimum Gasteiger partial charge on any atom is -0.347 e. The number of hydrogen-bond donors (Lipinski definition) is 1. The molecular weight excluding hydrogens is 312 g/mol. The normalized spacial score (nSPS) is 27.0. The van der Waals surface area contributed by atoms with Gasteiger partial charge in [-0.1, -0.05) is 41.9 Å². The van der Waals surface area contributed by atoms with Crippen molar-refractivity contribution in [2.45, 2.75) is 18.8 Å². The fourth-order valence-corrected chi connectivity index (χ4v) is 3.76. The Bertz CT molecular complexity index is 765. The van der Waals surface area contributed by atoms with Gasteiger partial charge in [-0.25, -0.2) is 0 Å². The molecular formula is C18H17ClN2O2. The number of rotatable bonds is 1. The number of anilines is 1. The molecule has 118 valence electrons. The summed E-state index contributed by atoms with van der Waals surface area (Å²) in [6.07, 6.45) is 0.0212. The number of halogens is 1. The number of hydrogen-bond acceptors (Lipinski definition) is 3. The van der Waals surface area contributed by atoms with Crippen LogP contribution in [0.5, 0.6) is 0 Å². The molecule has 1 saturated heterocycles. The first-order valence-electron chi connectivity index (χ1n) is 7.68. The fraction of sp³-hybridized carbons (Fsp3) is 0.278. The third-order valence-electron chi connectivity index (χ3n) is 4.41. The lowest BCUT2D eigenvalue weighted by Crippen LogP contribution is -2.44. The zero-order valence-corrected chi connectivity index (χ0v) is 13.5. The van der Waals surface area contributed by atoms with Gasteiger partial charge in [0, 0.05) is 28.4 Å². The number of nitrogens with zero attached hydrogens (tertiary/aromatic N) is 1. The SMILES string of the molecule is C[C@@H]1CN2CC(=O)Nc3ccc(Cl)cc3[C@]2(c2ccccc2)O1. The largest absolute Gasteiger partial charge is 0.347 e. The summed E-state index contributed by atoms with van der Waals surface area (Å²) in [5, 5.41) is 3.59. The molecule has 1 fully saturated rings. The highest BCUT2D eigenvalue weighted by atomic mass is 35.5. The van der Waals surface area contributed by atoms with Crippen LogP contribution in [-0.4, -0.2) is 30.0 Å². The van der Waals surface area contributed by atoms with Gasteiger partial charge in [-0.3, -0.25) is 9.69 Å². The van der Waals surface area contributed by atoms with Crippen molar-refractivity contribution >= 4 is 23.2 Å². The molecule has 2 aliphatic heterocycles. The molecule has 2 aromatic rings. The van der Waals surface area contributed by atoms with Crippen molar-refractivity contribution in [1.82, 2.24) is 4.90 Å². The predicted octanol–water partition coefficient (Wildman–Crippen LogP) is 3.21. The third kappa shape index (κ3) is 2.26. The van der Waals surface area contributed by atoms with E-state index < -0.39 is 5.72 Å². The lowest BCUT2D eigenvalue weighted by atomic mass is 9.92. The van der Waals surface area contributed by atoms with E-state index in [-0.39, 0.29) is 18.6 Å². The molecule has 0 radical (unpaired) electrons. The molecule has 2 atom stereocenters. The van der Waals surface area contributed by atoms with Crippen molar-refractivity contribution in [2.75, 3.05) is 18.4 Å². The molecule has 0 spiro atoms. The van der Waals surface area contributed by atoms with Crippen molar-refractivity contribution in [3.05, 3.63) is 64.7 Å². The van der Waals surface area contributed by atoms with Gasteiger partial charge < -0.3 is 10.1 Å². The number of ether oxygens (including phenoxy) is 1. The van der Waals surface area contributed by atoms with Crippen molar-refractivity contribution in [3.8, 4) is 0 Å². The summed E-state index contributed by atoms with van der Waals surface area (Å²) in [7, 11) is 0. The summed E-state index contributed by atoms with van der Waals surface area (Å²) < 4.78 is 6.42. The first-order valence-corrected chi connectivity index (χ1v) is 8.05. The highest BCUT2D eigenvalue weighted by molar-refractivity contribution is 6.30. The second kappa shape index (κ2) is 5.34. The Morgan fingerprint density at radius 1 is 1.26 bits per heavy atom. The van der Waals surface area contributed by atoms with Gasteiger partial charge in [0.25, 0.3) is 0 Å². The molecule has 4 nitrogen and oxygen atoms in total. The first kappa shape index (κ1) is 14.7. The summed E-state index contributed by atoms with van der Waals surface area (Å²) >= 11 is 6.26. The summed E-state index contributed by atoms with van der Waals surface area (Å²) in [5.41, 5.74) is 1.84. The highest BCUT2D eigenvalue weighted by Gasteiger charge is 2.51. The second-order valence-corrected chi connectivity index (χ2v) is 6.49. The maximum Gasteiger partial charge on any atom is 0.238 e. The number of benzene rings is 2. The molecule has 23 heavy (non-hydrogen) atoms. The average Bonchev–Trinajstić information content (AvgIpc) is 2.81. The quantitative estimate of drug-likeness (QED) is 0.874. The van der Waals surface area contributed by atoms with E-state index in [1.807, 2.05) is 49.4 Å². The average molecular weight is 329 g/mol. The number of carbonyl (C=O) groups excluding carboxylic acids is 1. The van der Waals surface area contributed by atoms with Crippen LogP contribution in [0.3, 0.4) is 0 Å². The van der Waals surface area contributed by atoms with Crippen LogP contribution in [-0.2, 0) is 15.3 Å². The van der Waals surface area contributed by atoms with Gasteiger partial charge >= 0.3 is 0 Å². The van der Waals surface area contributed by atoms with Crippen molar-refractivity contribution in [1.29, 1.82) is 0 Å². The Hall–Kier alpha value is -1.88. The second-order valence-electron chi connectivity index (χ2n) is 6.06. The van der Waals surface area contributed by atoms with Crippen LogP contribution in [0.15, 0.2) is 48.5 Å². The van der Waals surface area contributed by atoms with E-state index in [4.69, 9.17) is 16.3 Å². The van der Waals surface area contributed by atoms with E-state index in [9.17, 15) is 4.79 Å². The Kier molecular flexibility index (Phi) is 3.41. The standard InChI is InChI=1S/C18H17ClN2O2/c1-12-10-21-11-17(22)20-16-8-7-14(19)9-15(16)18(21,23-12)13-5-3-2-4-6-13/h2-9,12H,10-11H2,1H3,(H,20,22)/t12-,18+/m1/s1. The van der Waals surface area contributed by atoms with E-state index in [2.05, 4.69) is 10.2 Å². The molecule has 0 aromatic heterocycles. The van der Waals surface area contributed by atoms with E-state index in [1.54, 1.807) is 6.07 Å². The maximum absolute atomic E-state index is 12.3. The van der Waals surface area contributed by atoms with Crippen LogP contribution in [0.2, 0.25) is 5.02 Å². The molecule has 1 N–H and O–H groups in total. The zero-order valence-electron chi connectivity index (χ0n) is 12.8. The molecule has 2 aromatic carbocycles. The highest BCUT2D eigenvalue weighted by Crippen LogP contribution is 2.47. The van der Waals surface area contributed by atoms with E-state index in [0.29, 0.717) is 11.6 Å². The van der Waals surface area contributed by atoms with Crippen LogP contribution in [0, 0.1) is 0 Å². The summed E-state index contributed by atoms with van der Waals surface area (Å²) in [6.45, 7) is 3.00. The summed E-state index contributed by atoms with van der Waals surface area (Å²) in [6, 6.07) is 15.5. The molecule has 0 bridgehead atoms. The van der Waals surface area contributed by atoms with Gasteiger partial charge in [-0.15, -0.1) is 0 Å². The Balaban J connectivity index is 2.02. The predicted molar refractivity (Wildman–Crippen MR) is 89.4 cm³/mol. The molecule has 0 aliphatic carbocycles. The number of fused-ring (bicyclic) bond motifs is 3. The fourth-order valence-electron chi connectivity index (χ4n) is 3.59. The van der Waals surface area contributed by atoms with E-state index in [1.165, 1.54) is 0 Å². The van der Waals surface area contributed by atoms with Gasteiger partial charge in [-0.2, -0.15) is 0 Å². The van der Waals surface area contributed by atoms with Gasteiger partial charge in [0.2, 0.25) is 5.91 Å². The third-order valence-corrected chi connectivity index (χ3v) is 4.65. The van der Waals surface area contributed by atoms with Crippen molar-refractivity contribution < 1.29 is 9.53 Å². The Labute approximate surface area is 140 Å². The topological polar surface area (TPSA) is 41.6 Å². The lowest BCUT2D eigenvalue weighted by molar-refractivity contribution is -0.121. The molecule has 2 heterocycles. The first-order chi connectivity index (χ1) is 11.1. The van der Waals surface area contributed by atoms with Gasteiger partial charge in [0.05, 0.1) is 12.6 Å². The van der Waals surface area contributed by atoms with Crippen LogP contribution < -0.4 is 5.32 Å². The summed E-state index contributed by atoms with van der Waals surface area (Å²) in [4.78, 5) is 14.4. The van der Waals surface area contributed by atoms with Crippen LogP contribution >= 0.6 is 11.6 Å².